The lowest BCUT2D eigenvalue weighted by atomic mass is 10.1. The fourth-order valence-corrected chi connectivity index (χ4v) is 3.08. The van der Waals surface area contributed by atoms with Crippen LogP contribution in [0.1, 0.15) is 27.0 Å². The fourth-order valence-electron chi connectivity index (χ4n) is 2.86. The van der Waals surface area contributed by atoms with Crippen molar-refractivity contribution in [1.29, 1.82) is 0 Å². The summed E-state index contributed by atoms with van der Waals surface area (Å²) in [6.07, 6.45) is 0. The van der Waals surface area contributed by atoms with Gasteiger partial charge in [0, 0.05) is 23.3 Å². The van der Waals surface area contributed by atoms with Crippen LogP contribution in [0.3, 0.4) is 0 Å². The number of benzene rings is 3. The summed E-state index contributed by atoms with van der Waals surface area (Å²) in [7, 11) is 1.58. The quantitative estimate of drug-likeness (QED) is 0.509. The maximum Gasteiger partial charge on any atom is 0.335 e. The number of carboxylic acid groups (broad SMARTS) is 1. The van der Waals surface area contributed by atoms with Crippen molar-refractivity contribution in [2.75, 3.05) is 12.4 Å². The molecule has 3 aromatic rings. The second kappa shape index (κ2) is 9.34. The molecule has 0 radical (unpaired) electrons. The molecule has 2 N–H and O–H groups in total. The molecule has 0 fully saturated rings. The predicted octanol–water partition coefficient (Wildman–Crippen LogP) is 5.55. The van der Waals surface area contributed by atoms with Crippen LogP contribution in [0.5, 0.6) is 11.5 Å². The summed E-state index contributed by atoms with van der Waals surface area (Å²) < 4.78 is 11.3. The molecular formula is C23H22ClNO4. The summed E-state index contributed by atoms with van der Waals surface area (Å²) in [4.78, 5) is 11.2. The molecule has 0 atom stereocenters. The van der Waals surface area contributed by atoms with Gasteiger partial charge in [0.2, 0.25) is 0 Å². The Bertz CT molecular complexity index is 1010. The molecule has 0 aliphatic carbocycles. The lowest BCUT2D eigenvalue weighted by Crippen LogP contribution is -2.05. The number of aryl methyl sites for hydroxylation is 1. The summed E-state index contributed by atoms with van der Waals surface area (Å²) in [5.74, 6) is 0.181. The van der Waals surface area contributed by atoms with Crippen LogP contribution in [0, 0.1) is 6.92 Å². The average Bonchev–Trinajstić information content (AvgIpc) is 2.73. The van der Waals surface area contributed by atoms with E-state index in [1.54, 1.807) is 31.4 Å². The largest absolute Gasteiger partial charge is 0.493 e. The third kappa shape index (κ3) is 5.21. The van der Waals surface area contributed by atoms with E-state index < -0.39 is 5.97 Å². The first kappa shape index (κ1) is 20.6. The molecule has 0 bridgehead atoms. The van der Waals surface area contributed by atoms with Gasteiger partial charge in [-0.2, -0.15) is 0 Å². The molecule has 150 valence electrons. The molecule has 0 aliphatic heterocycles. The van der Waals surface area contributed by atoms with E-state index in [1.165, 1.54) is 0 Å². The molecule has 0 saturated carbocycles. The number of carboxylic acids is 1. The Kier molecular flexibility index (Phi) is 6.62. The maximum absolute atomic E-state index is 11.2. The zero-order valence-corrected chi connectivity index (χ0v) is 17.0. The van der Waals surface area contributed by atoms with Gasteiger partial charge < -0.3 is 19.9 Å². The van der Waals surface area contributed by atoms with Crippen LogP contribution in [0.15, 0.2) is 60.7 Å². The van der Waals surface area contributed by atoms with Crippen molar-refractivity contribution in [3.8, 4) is 11.5 Å². The standard InChI is InChI=1S/C23H22ClNO4/c1-15-8-9-17(23(26)27)10-20(15)25-13-18-11-21(28-2)22(12-19(18)24)29-14-16-6-4-3-5-7-16/h3-12,25H,13-14H2,1-2H3,(H,26,27). The number of halogens is 1. The summed E-state index contributed by atoms with van der Waals surface area (Å²) >= 11 is 6.46. The summed E-state index contributed by atoms with van der Waals surface area (Å²) in [6, 6.07) is 18.4. The second-order valence-electron chi connectivity index (χ2n) is 6.56. The van der Waals surface area contributed by atoms with Gasteiger partial charge >= 0.3 is 5.97 Å². The van der Waals surface area contributed by atoms with E-state index >= 15 is 0 Å². The van der Waals surface area contributed by atoms with Crippen molar-refractivity contribution in [3.05, 3.63) is 87.9 Å². The van der Waals surface area contributed by atoms with Crippen LogP contribution >= 0.6 is 11.6 Å². The van der Waals surface area contributed by atoms with Crippen molar-refractivity contribution in [2.45, 2.75) is 20.1 Å². The summed E-state index contributed by atoms with van der Waals surface area (Å²) in [6.45, 7) is 2.74. The van der Waals surface area contributed by atoms with Crippen LogP contribution < -0.4 is 14.8 Å². The van der Waals surface area contributed by atoms with Gasteiger partial charge in [0.05, 0.1) is 12.7 Å². The fraction of sp³-hybridized carbons (Fsp3) is 0.174. The predicted molar refractivity (Wildman–Crippen MR) is 114 cm³/mol. The van der Waals surface area contributed by atoms with E-state index in [1.807, 2.05) is 43.3 Å². The first-order chi connectivity index (χ1) is 14.0. The molecule has 3 rings (SSSR count). The molecule has 0 heterocycles. The van der Waals surface area contributed by atoms with Crippen molar-refractivity contribution in [2.24, 2.45) is 0 Å². The highest BCUT2D eigenvalue weighted by Crippen LogP contribution is 2.34. The van der Waals surface area contributed by atoms with E-state index in [-0.39, 0.29) is 5.56 Å². The molecule has 0 aliphatic rings. The molecule has 0 aromatic heterocycles. The van der Waals surface area contributed by atoms with Crippen LogP contribution in [0.4, 0.5) is 5.69 Å². The number of aromatic carboxylic acids is 1. The van der Waals surface area contributed by atoms with Gasteiger partial charge in [-0.3, -0.25) is 0 Å². The highest BCUT2D eigenvalue weighted by atomic mass is 35.5. The molecule has 0 unspecified atom stereocenters. The van der Waals surface area contributed by atoms with Crippen LogP contribution in [0.25, 0.3) is 0 Å². The van der Waals surface area contributed by atoms with E-state index in [2.05, 4.69) is 5.32 Å². The minimum absolute atomic E-state index is 0.228. The van der Waals surface area contributed by atoms with Crippen LogP contribution in [0.2, 0.25) is 5.02 Å². The summed E-state index contributed by atoms with van der Waals surface area (Å²) in [5.41, 5.74) is 3.78. The number of nitrogens with one attached hydrogen (secondary N) is 1. The molecule has 5 nitrogen and oxygen atoms in total. The normalized spacial score (nSPS) is 10.4. The maximum atomic E-state index is 11.2. The van der Waals surface area contributed by atoms with Gasteiger partial charge in [-0.05, 0) is 41.8 Å². The lowest BCUT2D eigenvalue weighted by molar-refractivity contribution is 0.0697. The Hall–Kier alpha value is -3.18. The van der Waals surface area contributed by atoms with E-state index in [9.17, 15) is 9.90 Å². The van der Waals surface area contributed by atoms with Gasteiger partial charge in [-0.25, -0.2) is 4.79 Å². The minimum atomic E-state index is -0.965. The molecule has 0 saturated heterocycles. The molecule has 29 heavy (non-hydrogen) atoms. The zero-order chi connectivity index (χ0) is 20.8. The molecule has 6 heteroatoms. The topological polar surface area (TPSA) is 67.8 Å². The smallest absolute Gasteiger partial charge is 0.335 e. The van der Waals surface area contributed by atoms with Crippen LogP contribution in [-0.4, -0.2) is 18.2 Å². The van der Waals surface area contributed by atoms with Gasteiger partial charge in [-0.1, -0.05) is 48.0 Å². The minimum Gasteiger partial charge on any atom is -0.493 e. The Morgan fingerprint density at radius 1 is 1.07 bits per heavy atom. The van der Waals surface area contributed by atoms with E-state index in [0.717, 1.165) is 22.4 Å². The van der Waals surface area contributed by atoms with Gasteiger partial charge in [-0.15, -0.1) is 0 Å². The van der Waals surface area contributed by atoms with Crippen molar-refractivity contribution < 1.29 is 19.4 Å². The molecule has 0 spiro atoms. The number of hydrogen-bond acceptors (Lipinski definition) is 4. The van der Waals surface area contributed by atoms with E-state index in [4.69, 9.17) is 21.1 Å². The van der Waals surface area contributed by atoms with Crippen molar-refractivity contribution in [1.82, 2.24) is 0 Å². The van der Waals surface area contributed by atoms with Gasteiger partial charge in [0.15, 0.2) is 11.5 Å². The molecule has 0 amide bonds. The third-order valence-corrected chi connectivity index (χ3v) is 4.88. The van der Waals surface area contributed by atoms with Crippen molar-refractivity contribution >= 4 is 23.3 Å². The molecule has 3 aromatic carbocycles. The zero-order valence-electron chi connectivity index (χ0n) is 16.2. The number of carbonyl (C=O) groups is 1. The molecular weight excluding hydrogens is 390 g/mol. The Morgan fingerprint density at radius 3 is 2.52 bits per heavy atom. The monoisotopic (exact) mass is 411 g/mol. The Labute approximate surface area is 174 Å². The second-order valence-corrected chi connectivity index (χ2v) is 6.96. The van der Waals surface area contributed by atoms with Gasteiger partial charge in [0.25, 0.3) is 0 Å². The third-order valence-electron chi connectivity index (χ3n) is 4.52. The number of methoxy groups -OCH3 is 1. The first-order valence-corrected chi connectivity index (χ1v) is 9.46. The van der Waals surface area contributed by atoms with Gasteiger partial charge in [0.1, 0.15) is 6.61 Å². The SMILES string of the molecule is COc1cc(CNc2cc(C(=O)O)ccc2C)c(Cl)cc1OCc1ccccc1. The number of anilines is 1. The van der Waals surface area contributed by atoms with E-state index in [0.29, 0.717) is 29.7 Å². The Morgan fingerprint density at radius 2 is 1.83 bits per heavy atom. The van der Waals surface area contributed by atoms with Crippen LogP contribution in [-0.2, 0) is 13.2 Å². The van der Waals surface area contributed by atoms with Crippen molar-refractivity contribution in [3.63, 3.8) is 0 Å². The first-order valence-electron chi connectivity index (χ1n) is 9.09. The lowest BCUT2D eigenvalue weighted by Gasteiger charge is -2.15. The highest BCUT2D eigenvalue weighted by molar-refractivity contribution is 6.31. The number of hydrogen-bond donors (Lipinski definition) is 2. The number of ether oxygens (including phenoxy) is 2. The number of rotatable bonds is 8. The Balaban J connectivity index is 1.75. The summed E-state index contributed by atoms with van der Waals surface area (Å²) in [5, 5.41) is 13.0. The highest BCUT2D eigenvalue weighted by Gasteiger charge is 2.12. The average molecular weight is 412 g/mol.